The first kappa shape index (κ1) is 24.9. The summed E-state index contributed by atoms with van der Waals surface area (Å²) in [5.74, 6) is -0.808. The number of hydrogen-bond donors (Lipinski definition) is 0. The zero-order valence-corrected chi connectivity index (χ0v) is 20.4. The van der Waals surface area contributed by atoms with Crippen LogP contribution in [0.4, 0.5) is 0 Å². The minimum absolute atomic E-state index is 0.0608. The van der Waals surface area contributed by atoms with Crippen LogP contribution in [0.3, 0.4) is 0 Å². The van der Waals surface area contributed by atoms with Crippen LogP contribution in [0.15, 0.2) is 66.7 Å². The maximum absolute atomic E-state index is 12.9. The molecule has 1 heterocycles. The van der Waals surface area contributed by atoms with Crippen LogP contribution in [-0.4, -0.2) is 29.9 Å². The van der Waals surface area contributed by atoms with E-state index >= 15 is 0 Å². The molecule has 2 fully saturated rings. The molecule has 4 rings (SSSR count). The van der Waals surface area contributed by atoms with Gasteiger partial charge in [0.05, 0.1) is 12.0 Å². The molecule has 1 saturated heterocycles. The number of carbonyl (C=O) groups excluding carboxylic acids is 3. The molecule has 0 spiro atoms. The van der Waals surface area contributed by atoms with E-state index in [4.69, 9.17) is 9.47 Å². The predicted octanol–water partition coefficient (Wildman–Crippen LogP) is 6.32. The van der Waals surface area contributed by atoms with E-state index in [1.807, 2.05) is 48.5 Å². The Morgan fingerprint density at radius 2 is 1.69 bits per heavy atom. The molecule has 2 unspecified atom stereocenters. The highest BCUT2D eigenvalue weighted by atomic mass is 16.6. The van der Waals surface area contributed by atoms with Gasteiger partial charge in [-0.25, -0.2) is 4.79 Å². The van der Waals surface area contributed by atoms with Crippen LogP contribution in [-0.2, 0) is 19.1 Å². The molecule has 35 heavy (non-hydrogen) atoms. The van der Waals surface area contributed by atoms with Crippen LogP contribution in [0.1, 0.15) is 68.6 Å². The number of rotatable bonds is 11. The molecule has 184 valence electrons. The van der Waals surface area contributed by atoms with Crippen molar-refractivity contribution in [3.8, 4) is 11.1 Å². The minimum Gasteiger partial charge on any atom is -0.462 e. The van der Waals surface area contributed by atoms with Crippen molar-refractivity contribution >= 4 is 17.7 Å². The number of ether oxygens (including phenoxy) is 2. The Balaban J connectivity index is 1.38. The molecule has 2 aromatic carbocycles. The van der Waals surface area contributed by atoms with Crippen LogP contribution in [0.2, 0.25) is 0 Å². The number of ketones is 1. The summed E-state index contributed by atoms with van der Waals surface area (Å²) in [6.07, 6.45) is 9.54. The van der Waals surface area contributed by atoms with Crippen LogP contribution in [0.25, 0.3) is 11.1 Å². The smallest absolute Gasteiger partial charge is 0.338 e. The molecule has 0 amide bonds. The average molecular weight is 475 g/mol. The highest BCUT2D eigenvalue weighted by molar-refractivity contribution is 5.91. The summed E-state index contributed by atoms with van der Waals surface area (Å²) in [7, 11) is 0. The van der Waals surface area contributed by atoms with Crippen LogP contribution >= 0.6 is 0 Å². The fourth-order valence-corrected chi connectivity index (χ4v) is 5.13. The van der Waals surface area contributed by atoms with Gasteiger partial charge in [0.1, 0.15) is 12.2 Å². The molecule has 1 saturated carbocycles. The predicted molar refractivity (Wildman–Crippen MR) is 135 cm³/mol. The normalized spacial score (nSPS) is 23.3. The van der Waals surface area contributed by atoms with Gasteiger partial charge in [-0.2, -0.15) is 0 Å². The summed E-state index contributed by atoms with van der Waals surface area (Å²) in [6, 6.07) is 17.3. The fraction of sp³-hybridized carbons (Fsp3) is 0.433. The number of unbranched alkanes of at least 4 members (excludes halogenated alkanes) is 4. The van der Waals surface area contributed by atoms with Crippen LogP contribution in [0.5, 0.6) is 0 Å². The van der Waals surface area contributed by atoms with Gasteiger partial charge < -0.3 is 9.47 Å². The highest BCUT2D eigenvalue weighted by Crippen LogP contribution is 2.43. The zero-order chi connectivity index (χ0) is 24.6. The molecule has 1 aliphatic heterocycles. The maximum atomic E-state index is 12.9. The number of esters is 2. The van der Waals surface area contributed by atoms with Crippen LogP contribution in [0, 0.1) is 11.8 Å². The lowest BCUT2D eigenvalue weighted by Gasteiger charge is -2.20. The lowest BCUT2D eigenvalue weighted by atomic mass is 9.91. The molecular formula is C30H34O5. The first-order chi connectivity index (χ1) is 17.0. The Bertz CT molecular complexity index is 1040. The molecule has 0 bridgehead atoms. The number of allylic oxidation sites excluding steroid dienone is 1. The monoisotopic (exact) mass is 474 g/mol. The Morgan fingerprint density at radius 1 is 0.971 bits per heavy atom. The topological polar surface area (TPSA) is 69.7 Å². The third-order valence-corrected chi connectivity index (χ3v) is 7.07. The summed E-state index contributed by atoms with van der Waals surface area (Å²) in [5.41, 5.74) is 2.58. The van der Waals surface area contributed by atoms with E-state index in [-0.39, 0.29) is 29.7 Å². The Hall–Kier alpha value is -3.21. The standard InChI is InChI=1S/C30H34O5/c1-2-3-4-5-9-12-24(31)17-18-25-26-19-29(32)34-28(26)20-27(25)35-30(33)23-15-13-22(14-16-23)21-10-7-6-8-11-21/h6-8,10-11,13-18,25-28H,2-5,9,12,19-20H2,1H3/t25-,26?,27-,28?/m1/s1. The second-order valence-corrected chi connectivity index (χ2v) is 9.59. The van der Waals surface area contributed by atoms with Gasteiger partial charge >= 0.3 is 11.9 Å². The Kier molecular flexibility index (Phi) is 8.51. The van der Waals surface area contributed by atoms with Crippen molar-refractivity contribution in [3.05, 3.63) is 72.3 Å². The summed E-state index contributed by atoms with van der Waals surface area (Å²) < 4.78 is 11.4. The number of hydrogen-bond acceptors (Lipinski definition) is 5. The van der Waals surface area contributed by atoms with E-state index in [2.05, 4.69) is 6.92 Å². The average Bonchev–Trinajstić information content (AvgIpc) is 3.38. The summed E-state index contributed by atoms with van der Waals surface area (Å²) in [5, 5.41) is 0. The van der Waals surface area contributed by atoms with Crippen molar-refractivity contribution in [2.24, 2.45) is 11.8 Å². The lowest BCUT2D eigenvalue weighted by molar-refractivity contribution is -0.141. The SMILES string of the molecule is CCCCCCCC(=O)C=C[C@@H]1C2CC(=O)OC2C[C@H]1OC(=O)c1ccc(-c2ccccc2)cc1. The van der Waals surface area contributed by atoms with Gasteiger partial charge in [-0.15, -0.1) is 0 Å². The van der Waals surface area contributed by atoms with E-state index in [1.165, 1.54) is 12.8 Å². The van der Waals surface area contributed by atoms with E-state index in [0.29, 0.717) is 24.8 Å². The Labute approximate surface area is 207 Å². The molecule has 0 radical (unpaired) electrons. The molecule has 1 aliphatic carbocycles. The summed E-state index contributed by atoms with van der Waals surface area (Å²) in [6.45, 7) is 2.17. The van der Waals surface area contributed by atoms with Gasteiger partial charge in [0.25, 0.3) is 0 Å². The summed E-state index contributed by atoms with van der Waals surface area (Å²) >= 11 is 0. The molecule has 5 nitrogen and oxygen atoms in total. The van der Waals surface area contributed by atoms with E-state index in [0.717, 1.165) is 30.4 Å². The number of fused-ring (bicyclic) bond motifs is 1. The lowest BCUT2D eigenvalue weighted by Crippen LogP contribution is -2.25. The Morgan fingerprint density at radius 3 is 2.43 bits per heavy atom. The van der Waals surface area contributed by atoms with Crippen molar-refractivity contribution in [1.29, 1.82) is 0 Å². The summed E-state index contributed by atoms with van der Waals surface area (Å²) in [4.78, 5) is 37.2. The molecular weight excluding hydrogens is 440 g/mol. The van der Waals surface area contributed by atoms with Gasteiger partial charge in [-0.1, -0.05) is 81.1 Å². The fourth-order valence-electron chi connectivity index (χ4n) is 5.13. The van der Waals surface area contributed by atoms with E-state index in [9.17, 15) is 14.4 Å². The molecule has 4 atom stereocenters. The third-order valence-electron chi connectivity index (χ3n) is 7.07. The molecule has 2 aliphatic rings. The van der Waals surface area contributed by atoms with Crippen molar-refractivity contribution < 1.29 is 23.9 Å². The van der Waals surface area contributed by atoms with Crippen molar-refractivity contribution in [2.45, 2.75) is 70.5 Å². The van der Waals surface area contributed by atoms with Gasteiger partial charge in [0.15, 0.2) is 5.78 Å². The quantitative estimate of drug-likeness (QED) is 0.217. The van der Waals surface area contributed by atoms with Gasteiger partial charge in [0, 0.05) is 24.7 Å². The number of benzene rings is 2. The largest absolute Gasteiger partial charge is 0.462 e. The third kappa shape index (κ3) is 6.47. The molecule has 2 aromatic rings. The highest BCUT2D eigenvalue weighted by Gasteiger charge is 2.50. The van der Waals surface area contributed by atoms with Crippen LogP contribution < -0.4 is 0 Å². The number of carbonyl (C=O) groups is 3. The van der Waals surface area contributed by atoms with E-state index < -0.39 is 12.1 Å². The van der Waals surface area contributed by atoms with Gasteiger partial charge in [-0.3, -0.25) is 9.59 Å². The maximum Gasteiger partial charge on any atom is 0.338 e. The van der Waals surface area contributed by atoms with Gasteiger partial charge in [0.2, 0.25) is 0 Å². The van der Waals surface area contributed by atoms with Gasteiger partial charge in [-0.05, 0) is 35.8 Å². The van der Waals surface area contributed by atoms with Crippen molar-refractivity contribution in [2.75, 3.05) is 0 Å². The molecule has 0 aromatic heterocycles. The first-order valence-electron chi connectivity index (χ1n) is 12.8. The van der Waals surface area contributed by atoms with E-state index in [1.54, 1.807) is 18.2 Å². The second kappa shape index (κ2) is 12.0. The molecule has 5 heteroatoms. The zero-order valence-electron chi connectivity index (χ0n) is 20.4. The van der Waals surface area contributed by atoms with Crippen molar-refractivity contribution in [1.82, 2.24) is 0 Å². The minimum atomic E-state index is -0.423. The van der Waals surface area contributed by atoms with Crippen molar-refractivity contribution in [3.63, 3.8) is 0 Å². The molecule has 0 N–H and O–H groups in total. The second-order valence-electron chi connectivity index (χ2n) is 9.59. The first-order valence-corrected chi connectivity index (χ1v) is 12.8.